The zero-order valence-corrected chi connectivity index (χ0v) is 12.3. The monoisotopic (exact) mass is 314 g/mol. The van der Waals surface area contributed by atoms with E-state index in [9.17, 15) is 4.79 Å². The van der Waals surface area contributed by atoms with Gasteiger partial charge in [0.25, 0.3) is 0 Å². The van der Waals surface area contributed by atoms with Crippen molar-refractivity contribution in [3.05, 3.63) is 50.6 Å². The molecule has 0 bridgehead atoms. The van der Waals surface area contributed by atoms with Crippen molar-refractivity contribution in [3.8, 4) is 0 Å². The van der Waals surface area contributed by atoms with Gasteiger partial charge in [-0.05, 0) is 29.6 Å². The van der Waals surface area contributed by atoms with E-state index in [1.807, 2.05) is 17.5 Å². The molecule has 0 radical (unpaired) electrons. The standard InChI is InChI=1S/C13H12Cl2N2OS/c14-9-3-4-11(15)12(6-9)16-8-13(18)17-7-10-2-1-5-19-10/h1-6,16H,7-8H2,(H,17,18). The maximum Gasteiger partial charge on any atom is 0.239 e. The van der Waals surface area contributed by atoms with Crippen LogP contribution in [0.4, 0.5) is 5.69 Å². The molecule has 0 saturated heterocycles. The predicted molar refractivity (Wildman–Crippen MR) is 81.1 cm³/mol. The number of benzene rings is 1. The lowest BCUT2D eigenvalue weighted by Gasteiger charge is -2.09. The molecule has 100 valence electrons. The normalized spacial score (nSPS) is 10.2. The maximum atomic E-state index is 11.7. The maximum absolute atomic E-state index is 11.7. The van der Waals surface area contributed by atoms with Gasteiger partial charge in [0.2, 0.25) is 5.91 Å². The fourth-order valence-electron chi connectivity index (χ4n) is 1.47. The van der Waals surface area contributed by atoms with Crippen LogP contribution in [0.25, 0.3) is 0 Å². The first-order chi connectivity index (χ1) is 9.15. The van der Waals surface area contributed by atoms with Gasteiger partial charge in [-0.3, -0.25) is 4.79 Å². The van der Waals surface area contributed by atoms with Gasteiger partial charge in [-0.15, -0.1) is 11.3 Å². The minimum absolute atomic E-state index is 0.0931. The summed E-state index contributed by atoms with van der Waals surface area (Å²) < 4.78 is 0. The van der Waals surface area contributed by atoms with Crippen LogP contribution in [0.5, 0.6) is 0 Å². The van der Waals surface area contributed by atoms with Gasteiger partial charge >= 0.3 is 0 Å². The number of anilines is 1. The first-order valence-corrected chi connectivity index (χ1v) is 7.27. The van der Waals surface area contributed by atoms with Crippen LogP contribution >= 0.6 is 34.5 Å². The quantitative estimate of drug-likeness (QED) is 0.881. The second kappa shape index (κ2) is 6.80. The van der Waals surface area contributed by atoms with E-state index in [1.54, 1.807) is 29.5 Å². The molecule has 0 fully saturated rings. The highest BCUT2D eigenvalue weighted by Gasteiger charge is 2.05. The van der Waals surface area contributed by atoms with E-state index >= 15 is 0 Å². The lowest BCUT2D eigenvalue weighted by molar-refractivity contribution is -0.119. The van der Waals surface area contributed by atoms with Gasteiger partial charge in [0.1, 0.15) is 0 Å². The highest BCUT2D eigenvalue weighted by molar-refractivity contribution is 7.09. The van der Waals surface area contributed by atoms with Gasteiger partial charge in [0, 0.05) is 9.90 Å². The molecule has 1 aromatic heterocycles. The van der Waals surface area contributed by atoms with Crippen LogP contribution in [-0.2, 0) is 11.3 Å². The molecule has 6 heteroatoms. The van der Waals surface area contributed by atoms with E-state index in [0.29, 0.717) is 22.3 Å². The van der Waals surface area contributed by atoms with Gasteiger partial charge in [0.15, 0.2) is 0 Å². The van der Waals surface area contributed by atoms with E-state index in [1.165, 1.54) is 0 Å². The molecule has 0 unspecified atom stereocenters. The van der Waals surface area contributed by atoms with Gasteiger partial charge < -0.3 is 10.6 Å². The summed E-state index contributed by atoms with van der Waals surface area (Å²) in [4.78, 5) is 12.8. The first kappa shape index (κ1) is 14.2. The summed E-state index contributed by atoms with van der Waals surface area (Å²) in [5, 5.41) is 8.87. The van der Waals surface area contributed by atoms with Crippen LogP contribution in [0.2, 0.25) is 10.0 Å². The Balaban J connectivity index is 1.81. The van der Waals surface area contributed by atoms with Crippen molar-refractivity contribution in [1.29, 1.82) is 0 Å². The van der Waals surface area contributed by atoms with Gasteiger partial charge in [-0.2, -0.15) is 0 Å². The Morgan fingerprint density at radius 1 is 1.26 bits per heavy atom. The second-order valence-corrected chi connectivity index (χ2v) is 5.71. The zero-order chi connectivity index (χ0) is 13.7. The largest absolute Gasteiger partial charge is 0.375 e. The molecule has 1 heterocycles. The number of carbonyl (C=O) groups is 1. The van der Waals surface area contributed by atoms with Crippen LogP contribution in [0.3, 0.4) is 0 Å². The van der Waals surface area contributed by atoms with E-state index in [-0.39, 0.29) is 12.5 Å². The lowest BCUT2D eigenvalue weighted by Crippen LogP contribution is -2.29. The highest BCUT2D eigenvalue weighted by Crippen LogP contribution is 2.24. The second-order valence-electron chi connectivity index (χ2n) is 3.83. The first-order valence-electron chi connectivity index (χ1n) is 5.63. The minimum atomic E-state index is -0.0931. The Hall–Kier alpha value is -1.23. The number of nitrogens with one attached hydrogen (secondary N) is 2. The Labute approximate surface area is 125 Å². The van der Waals surface area contributed by atoms with Crippen LogP contribution in [0.1, 0.15) is 4.88 Å². The van der Waals surface area contributed by atoms with Crippen molar-refractivity contribution in [2.75, 3.05) is 11.9 Å². The smallest absolute Gasteiger partial charge is 0.239 e. The zero-order valence-electron chi connectivity index (χ0n) is 9.95. The Morgan fingerprint density at radius 2 is 2.11 bits per heavy atom. The van der Waals surface area contributed by atoms with Crippen LogP contribution in [0, 0.1) is 0 Å². The lowest BCUT2D eigenvalue weighted by atomic mass is 10.3. The van der Waals surface area contributed by atoms with Crippen molar-refractivity contribution in [2.45, 2.75) is 6.54 Å². The Kier molecular flexibility index (Phi) is 5.07. The average molecular weight is 315 g/mol. The fourth-order valence-corrected chi connectivity index (χ4v) is 2.47. The molecule has 1 aromatic carbocycles. The summed E-state index contributed by atoms with van der Waals surface area (Å²) in [7, 11) is 0. The predicted octanol–water partition coefficient (Wildman–Crippen LogP) is 3.78. The minimum Gasteiger partial charge on any atom is -0.375 e. The molecule has 0 aliphatic rings. The third-order valence-corrected chi connectivity index (χ3v) is 3.85. The number of thiophene rings is 1. The fraction of sp³-hybridized carbons (Fsp3) is 0.154. The van der Waals surface area contributed by atoms with E-state index in [2.05, 4.69) is 10.6 Å². The summed E-state index contributed by atoms with van der Waals surface area (Å²) in [5.41, 5.74) is 0.653. The summed E-state index contributed by atoms with van der Waals surface area (Å²) in [6.45, 7) is 0.701. The molecule has 3 nitrogen and oxygen atoms in total. The van der Waals surface area contributed by atoms with Crippen LogP contribution in [-0.4, -0.2) is 12.5 Å². The molecule has 0 aliphatic carbocycles. The number of carbonyl (C=O) groups excluding carboxylic acids is 1. The van der Waals surface area contributed by atoms with Crippen molar-refractivity contribution >= 4 is 46.1 Å². The third-order valence-electron chi connectivity index (χ3n) is 2.41. The average Bonchev–Trinajstić information content (AvgIpc) is 2.90. The van der Waals surface area contributed by atoms with E-state index < -0.39 is 0 Å². The summed E-state index contributed by atoms with van der Waals surface area (Å²) in [6, 6.07) is 9.01. The number of halogens is 2. The highest BCUT2D eigenvalue weighted by atomic mass is 35.5. The summed E-state index contributed by atoms with van der Waals surface area (Å²) >= 11 is 13.5. The summed E-state index contributed by atoms with van der Waals surface area (Å²) in [6.07, 6.45) is 0. The summed E-state index contributed by atoms with van der Waals surface area (Å²) in [5.74, 6) is -0.0931. The molecule has 0 saturated carbocycles. The number of rotatable bonds is 5. The number of hydrogen-bond acceptors (Lipinski definition) is 3. The van der Waals surface area contributed by atoms with Gasteiger partial charge in [0.05, 0.1) is 23.8 Å². The van der Waals surface area contributed by atoms with E-state index in [4.69, 9.17) is 23.2 Å². The third kappa shape index (κ3) is 4.42. The van der Waals surface area contributed by atoms with E-state index in [0.717, 1.165) is 4.88 Å². The number of hydrogen-bond donors (Lipinski definition) is 2. The van der Waals surface area contributed by atoms with Gasteiger partial charge in [-0.25, -0.2) is 0 Å². The Morgan fingerprint density at radius 3 is 2.84 bits per heavy atom. The van der Waals surface area contributed by atoms with Gasteiger partial charge in [-0.1, -0.05) is 29.3 Å². The number of amides is 1. The molecular formula is C13H12Cl2N2OS. The topological polar surface area (TPSA) is 41.1 Å². The molecule has 2 N–H and O–H groups in total. The molecule has 0 aliphatic heterocycles. The molecule has 1 amide bonds. The van der Waals surface area contributed by atoms with Crippen molar-refractivity contribution in [2.24, 2.45) is 0 Å². The molecular weight excluding hydrogens is 303 g/mol. The van der Waals surface area contributed by atoms with Crippen molar-refractivity contribution in [3.63, 3.8) is 0 Å². The molecule has 2 aromatic rings. The molecule has 0 atom stereocenters. The molecule has 19 heavy (non-hydrogen) atoms. The van der Waals surface area contributed by atoms with Crippen molar-refractivity contribution < 1.29 is 4.79 Å². The van der Waals surface area contributed by atoms with Crippen LogP contribution in [0.15, 0.2) is 35.7 Å². The molecule has 2 rings (SSSR count). The SMILES string of the molecule is O=C(CNc1cc(Cl)ccc1Cl)NCc1cccs1. The van der Waals surface area contributed by atoms with Crippen molar-refractivity contribution in [1.82, 2.24) is 5.32 Å². The molecule has 0 spiro atoms. The van der Waals surface area contributed by atoms with Crippen LogP contribution < -0.4 is 10.6 Å². The Bertz CT molecular complexity index is 558.